The molecule has 0 bridgehead atoms. The summed E-state index contributed by atoms with van der Waals surface area (Å²) in [7, 11) is -3.66. The highest BCUT2D eigenvalue weighted by atomic mass is 32.2. The minimum atomic E-state index is -3.66. The topological polar surface area (TPSA) is 88.6 Å². The molecule has 1 aliphatic carbocycles. The van der Waals surface area contributed by atoms with Crippen molar-refractivity contribution in [2.24, 2.45) is 0 Å². The molecule has 1 fully saturated rings. The van der Waals surface area contributed by atoms with Gasteiger partial charge in [-0.05, 0) is 43.9 Å². The Bertz CT molecular complexity index is 957. The van der Waals surface area contributed by atoms with E-state index in [1.807, 2.05) is 0 Å². The first kappa shape index (κ1) is 18.5. The van der Waals surface area contributed by atoms with Gasteiger partial charge in [0.1, 0.15) is 0 Å². The van der Waals surface area contributed by atoms with Gasteiger partial charge in [0, 0.05) is 23.5 Å². The molecular weight excluding hydrogens is 386 g/mol. The second kappa shape index (κ2) is 7.31. The van der Waals surface area contributed by atoms with Crippen LogP contribution in [0.2, 0.25) is 0 Å². The van der Waals surface area contributed by atoms with Gasteiger partial charge in [0.25, 0.3) is 5.91 Å². The fourth-order valence-electron chi connectivity index (χ4n) is 3.36. The van der Waals surface area contributed by atoms with E-state index in [0.29, 0.717) is 42.6 Å². The van der Waals surface area contributed by atoms with Crippen molar-refractivity contribution >= 4 is 32.4 Å². The number of carbonyl (C=O) groups excluding carboxylic acids is 1. The predicted octanol–water partition coefficient (Wildman–Crippen LogP) is 2.21. The number of nitrogens with one attached hydrogen (secondary N) is 1. The van der Waals surface area contributed by atoms with Crippen LogP contribution < -0.4 is 5.32 Å². The zero-order chi connectivity index (χ0) is 19.0. The lowest BCUT2D eigenvalue weighted by atomic mass is 10.1. The van der Waals surface area contributed by atoms with Gasteiger partial charge < -0.3 is 4.74 Å². The largest absolute Gasteiger partial charge is 0.379 e. The number of nitrogens with zero attached hydrogens (tertiary/aromatic N) is 2. The van der Waals surface area contributed by atoms with Crippen LogP contribution in [0.3, 0.4) is 0 Å². The van der Waals surface area contributed by atoms with Crippen molar-refractivity contribution in [3.8, 4) is 0 Å². The van der Waals surface area contributed by atoms with Crippen LogP contribution in [0.1, 0.15) is 32.9 Å². The molecule has 0 radical (unpaired) electrons. The summed E-state index contributed by atoms with van der Waals surface area (Å²) in [5.41, 5.74) is 1.99. The zero-order valence-electron chi connectivity index (χ0n) is 15.0. The molecule has 4 rings (SSSR count). The molecule has 0 atom stereocenters. The second-order valence-electron chi connectivity index (χ2n) is 6.69. The number of amides is 1. The van der Waals surface area contributed by atoms with Crippen molar-refractivity contribution in [3.63, 3.8) is 0 Å². The molecule has 1 aromatic carbocycles. The molecule has 0 spiro atoms. The van der Waals surface area contributed by atoms with E-state index in [1.54, 1.807) is 19.1 Å². The number of benzene rings is 1. The summed E-state index contributed by atoms with van der Waals surface area (Å²) in [6.07, 6.45) is 3.08. The number of carbonyl (C=O) groups is 1. The second-order valence-corrected chi connectivity index (χ2v) is 9.68. The van der Waals surface area contributed by atoms with Crippen molar-refractivity contribution < 1.29 is 17.9 Å². The molecule has 1 aliphatic heterocycles. The van der Waals surface area contributed by atoms with E-state index in [9.17, 15) is 13.2 Å². The number of rotatable bonds is 4. The molecule has 9 heteroatoms. The van der Waals surface area contributed by atoms with Crippen LogP contribution in [0.25, 0.3) is 0 Å². The van der Waals surface area contributed by atoms with Crippen LogP contribution in [0.15, 0.2) is 23.1 Å². The van der Waals surface area contributed by atoms with E-state index in [2.05, 4.69) is 10.3 Å². The van der Waals surface area contributed by atoms with Gasteiger partial charge >= 0.3 is 0 Å². The summed E-state index contributed by atoms with van der Waals surface area (Å²) in [5.74, 6) is -0.346. The molecule has 1 N–H and O–H groups in total. The Hall–Kier alpha value is -1.81. The van der Waals surface area contributed by atoms with Crippen LogP contribution in [0.5, 0.6) is 0 Å². The van der Waals surface area contributed by atoms with Crippen LogP contribution in [0.4, 0.5) is 5.13 Å². The molecule has 7 nitrogen and oxygen atoms in total. The monoisotopic (exact) mass is 407 g/mol. The van der Waals surface area contributed by atoms with E-state index in [4.69, 9.17) is 4.74 Å². The number of hydrogen-bond donors (Lipinski definition) is 1. The van der Waals surface area contributed by atoms with Crippen LogP contribution in [-0.2, 0) is 27.6 Å². The van der Waals surface area contributed by atoms with Gasteiger partial charge in [-0.3, -0.25) is 10.1 Å². The number of aromatic nitrogens is 1. The Morgan fingerprint density at radius 1 is 1.26 bits per heavy atom. The standard InChI is InChI=1S/C18H21N3O4S2/c1-12-5-6-13(11-16(12)27(23,24)21-7-9-25-10-8-21)17(22)20-18-19-14-3-2-4-15(14)26-18/h5-6,11H,2-4,7-10H2,1H3,(H,19,20,22). The Balaban J connectivity index is 1.58. The van der Waals surface area contributed by atoms with Gasteiger partial charge in [0.15, 0.2) is 5.13 Å². The van der Waals surface area contributed by atoms with Gasteiger partial charge in [-0.1, -0.05) is 6.07 Å². The number of anilines is 1. The fraction of sp³-hybridized carbons (Fsp3) is 0.444. The van der Waals surface area contributed by atoms with E-state index >= 15 is 0 Å². The normalized spacial score (nSPS) is 17.7. The zero-order valence-corrected chi connectivity index (χ0v) is 16.7. The van der Waals surface area contributed by atoms with Gasteiger partial charge in [-0.15, -0.1) is 11.3 Å². The molecule has 144 valence electrons. The summed E-state index contributed by atoms with van der Waals surface area (Å²) >= 11 is 1.50. The molecule has 2 aromatic rings. The Morgan fingerprint density at radius 2 is 2.04 bits per heavy atom. The minimum Gasteiger partial charge on any atom is -0.379 e. The summed E-state index contributed by atoms with van der Waals surface area (Å²) in [4.78, 5) is 18.5. The van der Waals surface area contributed by atoms with Crippen molar-refractivity contribution in [1.29, 1.82) is 0 Å². The maximum Gasteiger partial charge on any atom is 0.257 e. The summed E-state index contributed by atoms with van der Waals surface area (Å²) in [6.45, 7) is 3.15. The predicted molar refractivity (Wildman–Crippen MR) is 103 cm³/mol. The fourth-order valence-corrected chi connectivity index (χ4v) is 6.06. The summed E-state index contributed by atoms with van der Waals surface area (Å²) < 4.78 is 32.6. The lowest BCUT2D eigenvalue weighted by Crippen LogP contribution is -2.40. The third kappa shape index (κ3) is 3.64. The lowest BCUT2D eigenvalue weighted by molar-refractivity contribution is 0.0730. The third-order valence-corrected chi connectivity index (χ3v) is 7.97. The average molecular weight is 408 g/mol. The maximum absolute atomic E-state index is 13.0. The first-order chi connectivity index (χ1) is 12.9. The van der Waals surface area contributed by atoms with Crippen molar-refractivity contribution in [1.82, 2.24) is 9.29 Å². The van der Waals surface area contributed by atoms with E-state index < -0.39 is 10.0 Å². The van der Waals surface area contributed by atoms with Crippen LogP contribution in [-0.4, -0.2) is 49.9 Å². The van der Waals surface area contributed by atoms with Gasteiger partial charge in [0.05, 0.1) is 23.8 Å². The average Bonchev–Trinajstić information content (AvgIpc) is 3.24. The molecule has 1 aromatic heterocycles. The Labute approximate surface area is 162 Å². The molecule has 0 saturated carbocycles. The first-order valence-corrected chi connectivity index (χ1v) is 11.2. The first-order valence-electron chi connectivity index (χ1n) is 8.93. The quantitative estimate of drug-likeness (QED) is 0.840. The smallest absolute Gasteiger partial charge is 0.257 e. The highest BCUT2D eigenvalue weighted by molar-refractivity contribution is 7.89. The van der Waals surface area contributed by atoms with Gasteiger partial charge in [-0.25, -0.2) is 13.4 Å². The molecule has 1 amide bonds. The number of fused-ring (bicyclic) bond motifs is 1. The van der Waals surface area contributed by atoms with E-state index in [1.165, 1.54) is 26.6 Å². The minimum absolute atomic E-state index is 0.165. The van der Waals surface area contributed by atoms with Crippen LogP contribution >= 0.6 is 11.3 Å². The number of morpholine rings is 1. The number of ether oxygens (including phenoxy) is 1. The van der Waals surface area contributed by atoms with Crippen LogP contribution in [0, 0.1) is 6.92 Å². The molecule has 0 unspecified atom stereocenters. The van der Waals surface area contributed by atoms with Crippen molar-refractivity contribution in [3.05, 3.63) is 39.9 Å². The molecule has 1 saturated heterocycles. The van der Waals surface area contributed by atoms with Crippen molar-refractivity contribution in [2.75, 3.05) is 31.6 Å². The maximum atomic E-state index is 13.0. The molecular formula is C18H21N3O4S2. The number of hydrogen-bond acceptors (Lipinski definition) is 6. The molecule has 2 aliphatic rings. The van der Waals surface area contributed by atoms with E-state index in [0.717, 1.165) is 25.0 Å². The van der Waals surface area contributed by atoms with Gasteiger partial charge in [0.2, 0.25) is 10.0 Å². The Kier molecular flexibility index (Phi) is 5.02. The molecule has 2 heterocycles. The third-order valence-electron chi connectivity index (χ3n) is 4.85. The number of thiazole rings is 1. The van der Waals surface area contributed by atoms with Crippen molar-refractivity contribution in [2.45, 2.75) is 31.1 Å². The number of aryl methyl sites for hydroxylation is 3. The summed E-state index contributed by atoms with van der Waals surface area (Å²) in [6, 6.07) is 4.77. The lowest BCUT2D eigenvalue weighted by Gasteiger charge is -2.26. The SMILES string of the molecule is Cc1ccc(C(=O)Nc2nc3c(s2)CCC3)cc1S(=O)(=O)N1CCOCC1. The highest BCUT2D eigenvalue weighted by Crippen LogP contribution is 2.31. The number of sulfonamides is 1. The van der Waals surface area contributed by atoms with Gasteiger partial charge in [-0.2, -0.15) is 4.31 Å². The summed E-state index contributed by atoms with van der Waals surface area (Å²) in [5, 5.41) is 3.38. The van der Waals surface area contributed by atoms with E-state index in [-0.39, 0.29) is 10.8 Å². The highest BCUT2D eigenvalue weighted by Gasteiger charge is 2.28. The Morgan fingerprint density at radius 3 is 2.78 bits per heavy atom. The molecule has 27 heavy (non-hydrogen) atoms.